The number of piperidine rings is 1. The molecule has 0 bridgehead atoms. The van der Waals surface area contributed by atoms with Gasteiger partial charge in [0.2, 0.25) is 5.95 Å². The molecule has 2 aliphatic heterocycles. The maximum absolute atomic E-state index is 11.4. The van der Waals surface area contributed by atoms with Gasteiger partial charge in [-0.1, -0.05) is 26.3 Å². The van der Waals surface area contributed by atoms with Gasteiger partial charge in [-0.2, -0.15) is 0 Å². The largest absolute Gasteiger partial charge is 0.410 e. The molecule has 2 aromatic rings. The number of aromatic nitrogens is 2. The third kappa shape index (κ3) is 5.02. The van der Waals surface area contributed by atoms with Crippen LogP contribution in [0.5, 0.6) is 5.75 Å². The van der Waals surface area contributed by atoms with Crippen molar-refractivity contribution in [2.24, 2.45) is 5.73 Å². The van der Waals surface area contributed by atoms with E-state index in [-0.39, 0.29) is 0 Å². The average molecular weight is 443 g/mol. The van der Waals surface area contributed by atoms with Crippen LogP contribution in [0.4, 0.5) is 10.7 Å². The molecule has 0 saturated carbocycles. The zero-order chi connectivity index (χ0) is 22.5. The summed E-state index contributed by atoms with van der Waals surface area (Å²) < 4.78 is 7.61. The van der Waals surface area contributed by atoms with Crippen molar-refractivity contribution in [1.29, 1.82) is 0 Å². The summed E-state index contributed by atoms with van der Waals surface area (Å²) in [6.07, 6.45) is 5.49. The highest BCUT2D eigenvalue weighted by molar-refractivity contribution is 5.87. The van der Waals surface area contributed by atoms with E-state index in [9.17, 15) is 4.79 Å². The van der Waals surface area contributed by atoms with Gasteiger partial charge in [-0.05, 0) is 50.9 Å². The molecule has 2 N–H and O–H groups in total. The third-order valence-corrected chi connectivity index (χ3v) is 6.96. The van der Waals surface area contributed by atoms with Crippen LogP contribution >= 0.6 is 0 Å². The predicted octanol–water partition coefficient (Wildman–Crippen LogP) is 3.29. The Labute approximate surface area is 191 Å². The molecule has 8 nitrogen and oxygen atoms in total. The molecule has 1 amide bonds. The standard InChI is InChI=1S/C24H38N6O2/c1-3-11-27-13-15-29(16-14-27)24-26-22-20(9-7-10-21(22)32-23(25)31)30(24)18-17-28-12-6-5-8-19(28)4-2/h7,9-10,19H,3-6,8,11-18H2,1-2H3,(H2,25,31). The number of amides is 1. The van der Waals surface area contributed by atoms with Crippen LogP contribution in [0, 0.1) is 0 Å². The number of carbonyl (C=O) groups is 1. The molecule has 2 saturated heterocycles. The first-order valence-corrected chi connectivity index (χ1v) is 12.3. The van der Waals surface area contributed by atoms with Gasteiger partial charge in [0.25, 0.3) is 0 Å². The number of imidazole rings is 1. The number of carbonyl (C=O) groups excluding carboxylic acids is 1. The van der Waals surface area contributed by atoms with Crippen LogP contribution in [0.2, 0.25) is 0 Å². The number of fused-ring (bicyclic) bond motifs is 1. The monoisotopic (exact) mass is 442 g/mol. The number of nitrogens with zero attached hydrogens (tertiary/aromatic N) is 5. The molecule has 4 rings (SSSR count). The Balaban J connectivity index is 1.62. The number of likely N-dealkylation sites (tertiary alicyclic amines) is 1. The van der Waals surface area contributed by atoms with E-state index in [4.69, 9.17) is 15.5 Å². The number of primary amides is 1. The lowest BCUT2D eigenvalue weighted by Gasteiger charge is -2.37. The zero-order valence-corrected chi connectivity index (χ0v) is 19.6. The Morgan fingerprint density at radius 2 is 1.91 bits per heavy atom. The van der Waals surface area contributed by atoms with Crippen molar-refractivity contribution in [2.45, 2.75) is 58.5 Å². The molecule has 2 aliphatic rings. The molecular weight excluding hydrogens is 404 g/mol. The van der Waals surface area contributed by atoms with Crippen LogP contribution in [-0.2, 0) is 6.54 Å². The van der Waals surface area contributed by atoms with Crippen molar-refractivity contribution < 1.29 is 9.53 Å². The maximum atomic E-state index is 11.4. The summed E-state index contributed by atoms with van der Waals surface area (Å²) in [5.74, 6) is 1.41. The van der Waals surface area contributed by atoms with Gasteiger partial charge in [0, 0.05) is 45.3 Å². The smallest absolute Gasteiger partial charge is 0.408 e. The van der Waals surface area contributed by atoms with Gasteiger partial charge in [-0.3, -0.25) is 9.80 Å². The minimum atomic E-state index is -0.805. The molecule has 0 radical (unpaired) electrons. The van der Waals surface area contributed by atoms with Gasteiger partial charge in [-0.25, -0.2) is 9.78 Å². The van der Waals surface area contributed by atoms with Crippen molar-refractivity contribution in [1.82, 2.24) is 19.4 Å². The third-order valence-electron chi connectivity index (χ3n) is 6.96. The summed E-state index contributed by atoms with van der Waals surface area (Å²) in [4.78, 5) is 24.0. The van der Waals surface area contributed by atoms with Gasteiger partial charge >= 0.3 is 6.09 Å². The van der Waals surface area contributed by atoms with E-state index in [1.54, 1.807) is 6.07 Å². The molecular formula is C24H38N6O2. The van der Waals surface area contributed by atoms with Crippen LogP contribution in [-0.4, -0.2) is 77.3 Å². The summed E-state index contributed by atoms with van der Waals surface area (Å²) in [6.45, 7) is 12.7. The second kappa shape index (κ2) is 10.5. The highest BCUT2D eigenvalue weighted by Gasteiger charge is 2.25. The number of hydrogen-bond donors (Lipinski definition) is 1. The lowest BCUT2D eigenvalue weighted by molar-refractivity contribution is 0.139. The van der Waals surface area contributed by atoms with Crippen LogP contribution in [0.3, 0.4) is 0 Å². The van der Waals surface area contributed by atoms with E-state index in [1.807, 2.05) is 6.07 Å². The lowest BCUT2D eigenvalue weighted by Crippen LogP contribution is -2.47. The quantitative estimate of drug-likeness (QED) is 0.676. The fourth-order valence-corrected chi connectivity index (χ4v) is 5.29. The minimum absolute atomic E-state index is 0.434. The normalized spacial score (nSPS) is 20.7. The molecule has 1 unspecified atom stereocenters. The molecule has 3 heterocycles. The highest BCUT2D eigenvalue weighted by Crippen LogP contribution is 2.31. The SMILES string of the molecule is CCCN1CCN(c2nc3c(OC(N)=O)cccc3n2CCN2CCCCC2CC)CC1. The Morgan fingerprint density at radius 1 is 1.09 bits per heavy atom. The fraction of sp³-hybridized carbons (Fsp3) is 0.667. The molecule has 32 heavy (non-hydrogen) atoms. The minimum Gasteiger partial charge on any atom is -0.408 e. The summed E-state index contributed by atoms with van der Waals surface area (Å²) in [7, 11) is 0. The Bertz CT molecular complexity index is 905. The number of piperazine rings is 1. The Morgan fingerprint density at radius 3 is 2.62 bits per heavy atom. The number of para-hydroxylation sites is 1. The van der Waals surface area contributed by atoms with E-state index in [2.05, 4.69) is 39.2 Å². The van der Waals surface area contributed by atoms with Crippen LogP contribution in [0.1, 0.15) is 46.0 Å². The highest BCUT2D eigenvalue weighted by atomic mass is 16.5. The van der Waals surface area contributed by atoms with Crippen molar-refractivity contribution in [3.8, 4) is 5.75 Å². The maximum Gasteiger partial charge on any atom is 0.410 e. The van der Waals surface area contributed by atoms with E-state index in [0.29, 0.717) is 17.3 Å². The molecule has 1 atom stereocenters. The predicted molar refractivity (Wildman–Crippen MR) is 128 cm³/mol. The molecule has 0 spiro atoms. The number of ether oxygens (including phenoxy) is 1. The first kappa shape index (κ1) is 22.9. The fourth-order valence-electron chi connectivity index (χ4n) is 5.29. The van der Waals surface area contributed by atoms with E-state index >= 15 is 0 Å². The van der Waals surface area contributed by atoms with Gasteiger partial charge in [0.15, 0.2) is 5.75 Å². The van der Waals surface area contributed by atoms with E-state index < -0.39 is 6.09 Å². The first-order valence-electron chi connectivity index (χ1n) is 12.3. The van der Waals surface area contributed by atoms with Crippen LogP contribution in [0.15, 0.2) is 18.2 Å². The lowest BCUT2D eigenvalue weighted by atomic mass is 10.0. The van der Waals surface area contributed by atoms with Crippen molar-refractivity contribution in [2.75, 3.05) is 50.7 Å². The second-order valence-corrected chi connectivity index (χ2v) is 9.03. The topological polar surface area (TPSA) is 79.9 Å². The van der Waals surface area contributed by atoms with E-state index in [0.717, 1.165) is 57.3 Å². The number of hydrogen-bond acceptors (Lipinski definition) is 6. The van der Waals surface area contributed by atoms with Gasteiger partial charge in [0.05, 0.1) is 5.52 Å². The summed E-state index contributed by atoms with van der Waals surface area (Å²) in [6, 6.07) is 6.43. The Hall–Kier alpha value is -2.32. The molecule has 8 heteroatoms. The molecule has 0 aliphatic carbocycles. The Kier molecular flexibility index (Phi) is 7.52. The van der Waals surface area contributed by atoms with Crippen molar-refractivity contribution in [3.05, 3.63) is 18.2 Å². The molecule has 1 aromatic carbocycles. The first-order chi connectivity index (χ1) is 15.6. The summed E-state index contributed by atoms with van der Waals surface area (Å²) in [5, 5.41) is 0. The molecule has 2 fully saturated rings. The zero-order valence-electron chi connectivity index (χ0n) is 19.6. The van der Waals surface area contributed by atoms with Gasteiger partial charge in [-0.15, -0.1) is 0 Å². The van der Waals surface area contributed by atoms with Crippen LogP contribution in [0.25, 0.3) is 11.0 Å². The van der Waals surface area contributed by atoms with Gasteiger partial charge in [0.1, 0.15) is 5.52 Å². The van der Waals surface area contributed by atoms with Crippen molar-refractivity contribution >= 4 is 23.1 Å². The summed E-state index contributed by atoms with van der Waals surface area (Å²) in [5.41, 5.74) is 7.03. The summed E-state index contributed by atoms with van der Waals surface area (Å²) >= 11 is 0. The van der Waals surface area contributed by atoms with Gasteiger partial charge < -0.3 is 19.9 Å². The average Bonchev–Trinajstić information content (AvgIpc) is 3.18. The molecule has 1 aromatic heterocycles. The second-order valence-electron chi connectivity index (χ2n) is 9.03. The van der Waals surface area contributed by atoms with Crippen LogP contribution < -0.4 is 15.4 Å². The number of rotatable bonds is 8. The van der Waals surface area contributed by atoms with E-state index in [1.165, 1.54) is 38.6 Å². The van der Waals surface area contributed by atoms with Crippen molar-refractivity contribution in [3.63, 3.8) is 0 Å². The number of nitrogens with two attached hydrogens (primary N) is 1. The number of anilines is 1. The molecule has 176 valence electrons. The number of benzene rings is 1.